The van der Waals surface area contributed by atoms with E-state index in [0.29, 0.717) is 30.3 Å². The van der Waals surface area contributed by atoms with Gasteiger partial charge in [0, 0.05) is 12.4 Å². The molecule has 0 spiro atoms. The minimum Gasteiger partial charge on any atom is -0.486 e. The standard InChI is InChI=1S/C16H13NO3/c18-14(5-4-12-6-8-17-9-7-12)13-2-1-3-15-16(13)20-11-10-19-15/h1-9H,10-11H2. The zero-order valence-electron chi connectivity index (χ0n) is 10.8. The number of ether oxygens (including phenoxy) is 2. The Morgan fingerprint density at radius 3 is 2.75 bits per heavy atom. The summed E-state index contributed by atoms with van der Waals surface area (Å²) in [6.45, 7) is 0.975. The highest BCUT2D eigenvalue weighted by atomic mass is 16.6. The van der Waals surface area contributed by atoms with Crippen LogP contribution in [-0.4, -0.2) is 24.0 Å². The van der Waals surface area contributed by atoms with Crippen LogP contribution in [0.15, 0.2) is 48.8 Å². The van der Waals surface area contributed by atoms with E-state index in [0.717, 1.165) is 5.56 Å². The van der Waals surface area contributed by atoms with Crippen molar-refractivity contribution in [3.8, 4) is 11.5 Å². The van der Waals surface area contributed by atoms with Gasteiger partial charge in [0.15, 0.2) is 17.3 Å². The molecule has 2 aromatic rings. The summed E-state index contributed by atoms with van der Waals surface area (Å²) < 4.78 is 11.0. The first-order chi connectivity index (χ1) is 9.84. The quantitative estimate of drug-likeness (QED) is 0.633. The van der Waals surface area contributed by atoms with E-state index in [1.54, 1.807) is 36.7 Å². The second-order valence-corrected chi connectivity index (χ2v) is 4.31. The Balaban J connectivity index is 1.86. The number of para-hydroxylation sites is 1. The number of benzene rings is 1. The molecule has 1 aliphatic heterocycles. The highest BCUT2D eigenvalue weighted by molar-refractivity contribution is 6.09. The molecule has 0 aliphatic carbocycles. The third kappa shape index (κ3) is 2.54. The van der Waals surface area contributed by atoms with Crippen LogP contribution in [-0.2, 0) is 0 Å². The summed E-state index contributed by atoms with van der Waals surface area (Å²) in [7, 11) is 0. The molecule has 0 N–H and O–H groups in total. The largest absolute Gasteiger partial charge is 0.486 e. The Morgan fingerprint density at radius 2 is 1.90 bits per heavy atom. The van der Waals surface area contributed by atoms with Gasteiger partial charge in [-0.05, 0) is 35.9 Å². The number of carbonyl (C=O) groups is 1. The average Bonchev–Trinajstić information content (AvgIpc) is 2.53. The van der Waals surface area contributed by atoms with E-state index in [-0.39, 0.29) is 5.78 Å². The molecule has 0 saturated carbocycles. The van der Waals surface area contributed by atoms with Gasteiger partial charge in [-0.2, -0.15) is 0 Å². The van der Waals surface area contributed by atoms with Crippen molar-refractivity contribution in [3.63, 3.8) is 0 Å². The molecule has 0 saturated heterocycles. The predicted octanol–water partition coefficient (Wildman–Crippen LogP) is 2.75. The molecule has 0 unspecified atom stereocenters. The Kier molecular flexibility index (Phi) is 3.46. The Labute approximate surface area is 116 Å². The summed E-state index contributed by atoms with van der Waals surface area (Å²) >= 11 is 0. The van der Waals surface area contributed by atoms with Crippen LogP contribution < -0.4 is 9.47 Å². The number of carbonyl (C=O) groups excluding carboxylic acids is 1. The van der Waals surface area contributed by atoms with Crippen molar-refractivity contribution >= 4 is 11.9 Å². The molecular weight excluding hydrogens is 254 g/mol. The lowest BCUT2D eigenvalue weighted by atomic mass is 10.1. The van der Waals surface area contributed by atoms with Crippen molar-refractivity contribution in [1.29, 1.82) is 0 Å². The van der Waals surface area contributed by atoms with Gasteiger partial charge in [0.05, 0.1) is 5.56 Å². The summed E-state index contributed by atoms with van der Waals surface area (Å²) in [6.07, 6.45) is 6.66. The summed E-state index contributed by atoms with van der Waals surface area (Å²) in [6, 6.07) is 9.01. The number of ketones is 1. The van der Waals surface area contributed by atoms with Crippen molar-refractivity contribution < 1.29 is 14.3 Å². The summed E-state index contributed by atoms with van der Waals surface area (Å²) in [5.74, 6) is 1.05. The van der Waals surface area contributed by atoms with Gasteiger partial charge in [0.25, 0.3) is 0 Å². The molecule has 100 valence electrons. The highest BCUT2D eigenvalue weighted by Gasteiger charge is 2.18. The Bertz CT molecular complexity index is 650. The lowest BCUT2D eigenvalue weighted by Crippen LogP contribution is -2.17. The molecule has 2 heterocycles. The first kappa shape index (κ1) is 12.4. The van der Waals surface area contributed by atoms with E-state index in [1.807, 2.05) is 12.1 Å². The first-order valence-electron chi connectivity index (χ1n) is 6.35. The fraction of sp³-hybridized carbons (Fsp3) is 0.125. The molecule has 0 amide bonds. The van der Waals surface area contributed by atoms with E-state index >= 15 is 0 Å². The molecule has 0 bridgehead atoms. The molecule has 3 rings (SSSR count). The van der Waals surface area contributed by atoms with E-state index < -0.39 is 0 Å². The van der Waals surface area contributed by atoms with E-state index in [4.69, 9.17) is 9.47 Å². The van der Waals surface area contributed by atoms with Gasteiger partial charge < -0.3 is 9.47 Å². The van der Waals surface area contributed by atoms with Gasteiger partial charge >= 0.3 is 0 Å². The van der Waals surface area contributed by atoms with Gasteiger partial charge in [-0.15, -0.1) is 0 Å². The summed E-state index contributed by atoms with van der Waals surface area (Å²) in [5.41, 5.74) is 1.45. The molecule has 1 aromatic heterocycles. The minimum atomic E-state index is -0.107. The van der Waals surface area contributed by atoms with Gasteiger partial charge in [0.2, 0.25) is 0 Å². The molecule has 0 fully saturated rings. The van der Waals surface area contributed by atoms with Crippen LogP contribution in [0, 0.1) is 0 Å². The Hall–Kier alpha value is -2.62. The number of nitrogens with zero attached hydrogens (tertiary/aromatic N) is 1. The van der Waals surface area contributed by atoms with Crippen LogP contribution in [0.4, 0.5) is 0 Å². The molecule has 20 heavy (non-hydrogen) atoms. The van der Waals surface area contributed by atoms with E-state index in [2.05, 4.69) is 4.98 Å². The summed E-state index contributed by atoms with van der Waals surface area (Å²) in [5, 5.41) is 0. The number of allylic oxidation sites excluding steroid dienone is 1. The van der Waals surface area contributed by atoms with Crippen molar-refractivity contribution in [3.05, 3.63) is 59.9 Å². The van der Waals surface area contributed by atoms with Gasteiger partial charge in [0.1, 0.15) is 13.2 Å². The number of fused-ring (bicyclic) bond motifs is 1. The van der Waals surface area contributed by atoms with Gasteiger partial charge in [-0.1, -0.05) is 12.1 Å². The average molecular weight is 267 g/mol. The fourth-order valence-corrected chi connectivity index (χ4v) is 2.00. The van der Waals surface area contributed by atoms with Crippen LogP contribution in [0.3, 0.4) is 0 Å². The third-order valence-electron chi connectivity index (χ3n) is 2.96. The van der Waals surface area contributed by atoms with Gasteiger partial charge in [-0.3, -0.25) is 9.78 Å². The molecule has 4 nitrogen and oxygen atoms in total. The molecular formula is C16H13NO3. The highest BCUT2D eigenvalue weighted by Crippen LogP contribution is 2.33. The summed E-state index contributed by atoms with van der Waals surface area (Å²) in [4.78, 5) is 16.2. The lowest BCUT2D eigenvalue weighted by Gasteiger charge is -2.19. The van der Waals surface area contributed by atoms with Crippen LogP contribution in [0.25, 0.3) is 6.08 Å². The van der Waals surface area contributed by atoms with Crippen molar-refractivity contribution in [2.75, 3.05) is 13.2 Å². The van der Waals surface area contributed by atoms with E-state index in [9.17, 15) is 4.79 Å². The van der Waals surface area contributed by atoms with Crippen LogP contribution in [0.1, 0.15) is 15.9 Å². The topological polar surface area (TPSA) is 48.4 Å². The van der Waals surface area contributed by atoms with Crippen LogP contribution >= 0.6 is 0 Å². The Morgan fingerprint density at radius 1 is 1.10 bits per heavy atom. The normalized spacial score (nSPS) is 13.4. The van der Waals surface area contributed by atoms with Crippen LogP contribution in [0.2, 0.25) is 0 Å². The maximum atomic E-state index is 12.3. The van der Waals surface area contributed by atoms with Crippen molar-refractivity contribution in [2.24, 2.45) is 0 Å². The number of rotatable bonds is 3. The van der Waals surface area contributed by atoms with E-state index in [1.165, 1.54) is 6.08 Å². The molecule has 4 heteroatoms. The molecule has 1 aliphatic rings. The zero-order chi connectivity index (χ0) is 13.8. The van der Waals surface area contributed by atoms with Crippen molar-refractivity contribution in [1.82, 2.24) is 4.98 Å². The fourth-order valence-electron chi connectivity index (χ4n) is 2.00. The number of aromatic nitrogens is 1. The van der Waals surface area contributed by atoms with Gasteiger partial charge in [-0.25, -0.2) is 0 Å². The predicted molar refractivity (Wildman–Crippen MR) is 75.0 cm³/mol. The second-order valence-electron chi connectivity index (χ2n) is 4.31. The maximum absolute atomic E-state index is 12.3. The first-order valence-corrected chi connectivity index (χ1v) is 6.35. The van der Waals surface area contributed by atoms with Crippen LogP contribution in [0.5, 0.6) is 11.5 Å². The molecule has 1 aromatic carbocycles. The smallest absolute Gasteiger partial charge is 0.189 e. The van der Waals surface area contributed by atoms with Crippen molar-refractivity contribution in [2.45, 2.75) is 0 Å². The number of hydrogen-bond acceptors (Lipinski definition) is 4. The minimum absolute atomic E-state index is 0.107. The lowest BCUT2D eigenvalue weighted by molar-refractivity contribution is 0.103. The SMILES string of the molecule is O=C(C=Cc1ccncc1)c1cccc2c1OCCO2. The zero-order valence-corrected chi connectivity index (χ0v) is 10.8. The monoisotopic (exact) mass is 267 g/mol. The second kappa shape index (κ2) is 5.57. The molecule has 0 radical (unpaired) electrons. The number of pyridine rings is 1. The maximum Gasteiger partial charge on any atom is 0.189 e. The molecule has 0 atom stereocenters. The third-order valence-corrected chi connectivity index (χ3v) is 2.96. The number of hydrogen-bond donors (Lipinski definition) is 0.